The first-order valence-electron chi connectivity index (χ1n) is 7.31. The zero-order valence-corrected chi connectivity index (χ0v) is 12.8. The van der Waals surface area contributed by atoms with Crippen LogP contribution in [0.15, 0.2) is 42.5 Å². The van der Waals surface area contributed by atoms with Gasteiger partial charge in [-0.2, -0.15) is 0 Å². The average molecular weight is 323 g/mol. The number of benzene rings is 2. The second-order valence-electron chi connectivity index (χ2n) is 5.38. The van der Waals surface area contributed by atoms with Gasteiger partial charge in [0.2, 0.25) is 0 Å². The normalized spacial score (nSPS) is 17.4. The monoisotopic (exact) mass is 322 g/mol. The van der Waals surface area contributed by atoms with Crippen molar-refractivity contribution in [2.75, 3.05) is 26.2 Å². The second kappa shape index (κ2) is 6.73. The van der Waals surface area contributed by atoms with Gasteiger partial charge < -0.3 is 5.32 Å². The molecule has 2 aromatic rings. The first-order chi connectivity index (χ1) is 10.7. The maximum Gasteiger partial charge on any atom is 0.131 e. The van der Waals surface area contributed by atoms with Crippen molar-refractivity contribution in [3.8, 4) is 0 Å². The summed E-state index contributed by atoms with van der Waals surface area (Å²) < 4.78 is 27.6. The van der Waals surface area contributed by atoms with Gasteiger partial charge in [0.25, 0.3) is 0 Å². The van der Waals surface area contributed by atoms with Gasteiger partial charge in [0.15, 0.2) is 0 Å². The Labute approximate surface area is 133 Å². The summed E-state index contributed by atoms with van der Waals surface area (Å²) in [5, 5.41) is 3.87. The van der Waals surface area contributed by atoms with Gasteiger partial charge in [-0.15, -0.1) is 0 Å². The smallest absolute Gasteiger partial charge is 0.131 e. The van der Waals surface area contributed by atoms with E-state index in [1.807, 2.05) is 18.2 Å². The van der Waals surface area contributed by atoms with Crippen LogP contribution in [0.2, 0.25) is 5.02 Å². The fourth-order valence-electron chi connectivity index (χ4n) is 2.92. The van der Waals surface area contributed by atoms with Crippen molar-refractivity contribution < 1.29 is 8.78 Å². The molecule has 1 unspecified atom stereocenters. The molecule has 1 atom stereocenters. The highest BCUT2D eigenvalue weighted by Gasteiger charge is 2.27. The largest absolute Gasteiger partial charge is 0.314 e. The summed E-state index contributed by atoms with van der Waals surface area (Å²) in [5.74, 6) is -1.11. The Bertz CT molecular complexity index is 657. The molecule has 1 fully saturated rings. The van der Waals surface area contributed by atoms with Crippen molar-refractivity contribution in [3.63, 3.8) is 0 Å². The standard InChI is InChI=1S/C17H17ClF2N2/c18-15-4-2-1-3-13(15)17(22-9-7-21-8-10-22)14-6-5-12(19)11-16(14)20/h1-6,11,17,21H,7-10H2. The first kappa shape index (κ1) is 15.4. The molecule has 0 aliphatic carbocycles. The van der Waals surface area contributed by atoms with Crippen molar-refractivity contribution in [1.29, 1.82) is 0 Å². The molecule has 116 valence electrons. The predicted molar refractivity (Wildman–Crippen MR) is 84.1 cm³/mol. The van der Waals surface area contributed by atoms with Crippen LogP contribution in [0.5, 0.6) is 0 Å². The van der Waals surface area contributed by atoms with Crippen molar-refractivity contribution in [1.82, 2.24) is 10.2 Å². The topological polar surface area (TPSA) is 15.3 Å². The number of hydrogen-bond acceptors (Lipinski definition) is 2. The third-order valence-corrected chi connectivity index (χ3v) is 4.32. The number of halogens is 3. The van der Waals surface area contributed by atoms with Gasteiger partial charge in [0.1, 0.15) is 11.6 Å². The molecule has 0 spiro atoms. The lowest BCUT2D eigenvalue weighted by atomic mass is 9.95. The van der Waals surface area contributed by atoms with Gasteiger partial charge in [-0.1, -0.05) is 35.9 Å². The Morgan fingerprint density at radius 1 is 1.00 bits per heavy atom. The maximum atomic E-state index is 14.3. The lowest BCUT2D eigenvalue weighted by Crippen LogP contribution is -2.45. The van der Waals surface area contributed by atoms with E-state index in [0.29, 0.717) is 10.6 Å². The molecule has 3 rings (SSSR count). The van der Waals surface area contributed by atoms with Crippen LogP contribution in [0.4, 0.5) is 8.78 Å². The summed E-state index contributed by atoms with van der Waals surface area (Å²) in [5.41, 5.74) is 1.30. The van der Waals surface area contributed by atoms with E-state index < -0.39 is 11.6 Å². The maximum absolute atomic E-state index is 14.3. The minimum absolute atomic E-state index is 0.309. The van der Waals surface area contributed by atoms with Crippen molar-refractivity contribution >= 4 is 11.6 Å². The minimum Gasteiger partial charge on any atom is -0.314 e. The van der Waals surface area contributed by atoms with Crippen LogP contribution in [0, 0.1) is 11.6 Å². The van der Waals surface area contributed by atoms with Gasteiger partial charge in [0.05, 0.1) is 6.04 Å². The van der Waals surface area contributed by atoms with Crippen LogP contribution in [0.1, 0.15) is 17.2 Å². The molecule has 0 radical (unpaired) electrons. The number of nitrogens with zero attached hydrogens (tertiary/aromatic N) is 1. The van der Waals surface area contributed by atoms with E-state index in [2.05, 4.69) is 10.2 Å². The molecule has 1 aliphatic heterocycles. The van der Waals surface area contributed by atoms with Crippen LogP contribution in [0.25, 0.3) is 0 Å². The van der Waals surface area contributed by atoms with E-state index in [4.69, 9.17) is 11.6 Å². The van der Waals surface area contributed by atoms with Crippen LogP contribution < -0.4 is 5.32 Å². The number of nitrogens with one attached hydrogen (secondary N) is 1. The van der Waals surface area contributed by atoms with Crippen molar-refractivity contribution in [3.05, 3.63) is 70.2 Å². The summed E-state index contributed by atoms with van der Waals surface area (Å²) in [7, 11) is 0. The number of piperazine rings is 1. The Morgan fingerprint density at radius 2 is 1.73 bits per heavy atom. The fourth-order valence-corrected chi connectivity index (χ4v) is 3.16. The lowest BCUT2D eigenvalue weighted by molar-refractivity contribution is 0.195. The highest BCUT2D eigenvalue weighted by atomic mass is 35.5. The molecule has 2 nitrogen and oxygen atoms in total. The molecular formula is C17H17ClF2N2. The molecule has 1 N–H and O–H groups in total. The van der Waals surface area contributed by atoms with Crippen LogP contribution in [-0.2, 0) is 0 Å². The number of rotatable bonds is 3. The first-order valence-corrected chi connectivity index (χ1v) is 7.69. The number of hydrogen-bond donors (Lipinski definition) is 1. The third-order valence-electron chi connectivity index (χ3n) is 3.97. The molecule has 1 aliphatic rings. The molecule has 0 aromatic heterocycles. The van der Waals surface area contributed by atoms with Crippen LogP contribution >= 0.6 is 11.6 Å². The van der Waals surface area contributed by atoms with E-state index >= 15 is 0 Å². The van der Waals surface area contributed by atoms with Crippen LogP contribution in [-0.4, -0.2) is 31.1 Å². The molecule has 0 bridgehead atoms. The fraction of sp³-hybridized carbons (Fsp3) is 0.294. The Balaban J connectivity index is 2.08. The Hall–Kier alpha value is -1.49. The summed E-state index contributed by atoms with van der Waals surface area (Å²) >= 11 is 6.33. The highest BCUT2D eigenvalue weighted by Crippen LogP contribution is 2.34. The highest BCUT2D eigenvalue weighted by molar-refractivity contribution is 6.31. The van der Waals surface area contributed by atoms with E-state index in [-0.39, 0.29) is 6.04 Å². The van der Waals surface area contributed by atoms with Gasteiger partial charge in [0, 0.05) is 42.8 Å². The summed E-state index contributed by atoms with van der Waals surface area (Å²) in [6, 6.07) is 10.9. The second-order valence-corrected chi connectivity index (χ2v) is 5.78. The van der Waals surface area contributed by atoms with E-state index in [1.54, 1.807) is 6.07 Å². The van der Waals surface area contributed by atoms with Crippen molar-refractivity contribution in [2.45, 2.75) is 6.04 Å². The lowest BCUT2D eigenvalue weighted by Gasteiger charge is -2.36. The van der Waals surface area contributed by atoms with Gasteiger partial charge >= 0.3 is 0 Å². The SMILES string of the molecule is Fc1ccc(C(c2ccccc2Cl)N2CCNCC2)c(F)c1. The average Bonchev–Trinajstić information content (AvgIpc) is 2.52. The zero-order valence-electron chi connectivity index (χ0n) is 12.0. The quantitative estimate of drug-likeness (QED) is 0.928. The van der Waals surface area contributed by atoms with Crippen LogP contribution in [0.3, 0.4) is 0 Å². The van der Waals surface area contributed by atoms with Crippen molar-refractivity contribution in [2.24, 2.45) is 0 Å². The van der Waals surface area contributed by atoms with Gasteiger partial charge in [-0.05, 0) is 17.7 Å². The molecular weight excluding hydrogens is 306 g/mol. The predicted octanol–water partition coefficient (Wildman–Crippen LogP) is 3.61. The van der Waals surface area contributed by atoms with E-state index in [9.17, 15) is 8.78 Å². The summed E-state index contributed by atoms with van der Waals surface area (Å²) in [6.45, 7) is 3.24. The molecule has 5 heteroatoms. The molecule has 1 saturated heterocycles. The Morgan fingerprint density at radius 3 is 2.41 bits per heavy atom. The van der Waals surface area contributed by atoms with E-state index in [0.717, 1.165) is 37.8 Å². The molecule has 0 saturated carbocycles. The zero-order chi connectivity index (χ0) is 15.5. The molecule has 1 heterocycles. The molecule has 22 heavy (non-hydrogen) atoms. The van der Waals surface area contributed by atoms with Gasteiger partial charge in [-0.25, -0.2) is 8.78 Å². The molecule has 2 aromatic carbocycles. The summed E-state index contributed by atoms with van der Waals surface area (Å²) in [6.07, 6.45) is 0. The Kier molecular flexibility index (Phi) is 4.71. The minimum atomic E-state index is -0.570. The third kappa shape index (κ3) is 3.14. The van der Waals surface area contributed by atoms with E-state index in [1.165, 1.54) is 12.1 Å². The van der Waals surface area contributed by atoms with Gasteiger partial charge in [-0.3, -0.25) is 4.90 Å². The summed E-state index contributed by atoms with van der Waals surface area (Å²) in [4.78, 5) is 2.17. The molecule has 0 amide bonds.